The molecule has 98 valence electrons. The predicted molar refractivity (Wildman–Crippen MR) is 72.5 cm³/mol. The average molecular weight is 265 g/mol. The summed E-state index contributed by atoms with van der Waals surface area (Å²) < 4.78 is 1.80. The zero-order valence-electron chi connectivity index (χ0n) is 11.2. The standard InChI is InChI=1S/C12H19N5S/c1-7(2)12(13)10-5-17(16-15-10)6-11-14-8(3)9(4)18-11/h5,7,12H,6,13H2,1-4H3. The first kappa shape index (κ1) is 13.2. The second kappa shape index (κ2) is 5.16. The molecule has 5 nitrogen and oxygen atoms in total. The van der Waals surface area contributed by atoms with Crippen LogP contribution in [0, 0.1) is 19.8 Å². The van der Waals surface area contributed by atoms with E-state index in [1.165, 1.54) is 4.88 Å². The fraction of sp³-hybridized carbons (Fsp3) is 0.583. The topological polar surface area (TPSA) is 69.6 Å². The van der Waals surface area contributed by atoms with Crippen molar-refractivity contribution in [3.8, 4) is 0 Å². The van der Waals surface area contributed by atoms with Crippen molar-refractivity contribution >= 4 is 11.3 Å². The van der Waals surface area contributed by atoms with Gasteiger partial charge < -0.3 is 5.73 Å². The number of nitrogens with two attached hydrogens (primary N) is 1. The van der Waals surface area contributed by atoms with Gasteiger partial charge in [0.1, 0.15) is 5.01 Å². The predicted octanol–water partition coefficient (Wildman–Crippen LogP) is 2.06. The van der Waals surface area contributed by atoms with Crippen LogP contribution in [0.1, 0.15) is 41.2 Å². The molecule has 0 aromatic carbocycles. The molecule has 2 heterocycles. The summed E-state index contributed by atoms with van der Waals surface area (Å²) in [6.07, 6.45) is 1.91. The van der Waals surface area contributed by atoms with Crippen molar-refractivity contribution in [1.29, 1.82) is 0 Å². The molecule has 18 heavy (non-hydrogen) atoms. The third-order valence-corrected chi connectivity index (χ3v) is 4.04. The van der Waals surface area contributed by atoms with Crippen LogP contribution >= 0.6 is 11.3 Å². The summed E-state index contributed by atoms with van der Waals surface area (Å²) in [6, 6.07) is -0.0569. The van der Waals surface area contributed by atoms with Crippen LogP contribution in [0.5, 0.6) is 0 Å². The fourth-order valence-electron chi connectivity index (χ4n) is 1.63. The van der Waals surface area contributed by atoms with Gasteiger partial charge in [0.15, 0.2) is 0 Å². The Balaban J connectivity index is 2.11. The van der Waals surface area contributed by atoms with Gasteiger partial charge in [-0.1, -0.05) is 19.1 Å². The Hall–Kier alpha value is -1.27. The van der Waals surface area contributed by atoms with E-state index in [1.807, 2.05) is 13.1 Å². The normalized spacial score (nSPS) is 13.2. The van der Waals surface area contributed by atoms with Crippen LogP contribution in [-0.4, -0.2) is 20.0 Å². The highest BCUT2D eigenvalue weighted by Gasteiger charge is 2.15. The summed E-state index contributed by atoms with van der Waals surface area (Å²) in [5, 5.41) is 9.29. The number of hydrogen-bond donors (Lipinski definition) is 1. The van der Waals surface area contributed by atoms with E-state index in [0.29, 0.717) is 12.5 Å². The molecule has 6 heteroatoms. The largest absolute Gasteiger partial charge is 0.322 e. The van der Waals surface area contributed by atoms with Crippen LogP contribution in [-0.2, 0) is 6.54 Å². The highest BCUT2D eigenvalue weighted by atomic mass is 32.1. The third-order valence-electron chi connectivity index (χ3n) is 2.99. The van der Waals surface area contributed by atoms with Gasteiger partial charge in [-0.2, -0.15) is 0 Å². The van der Waals surface area contributed by atoms with Gasteiger partial charge >= 0.3 is 0 Å². The minimum absolute atomic E-state index is 0.0569. The van der Waals surface area contributed by atoms with Crippen molar-refractivity contribution in [2.75, 3.05) is 0 Å². The number of aryl methyl sites for hydroxylation is 2. The van der Waals surface area contributed by atoms with Crippen molar-refractivity contribution in [2.24, 2.45) is 11.7 Å². The van der Waals surface area contributed by atoms with Crippen molar-refractivity contribution in [2.45, 2.75) is 40.3 Å². The van der Waals surface area contributed by atoms with Crippen LogP contribution in [0.15, 0.2) is 6.20 Å². The summed E-state index contributed by atoms with van der Waals surface area (Å²) in [5.41, 5.74) is 7.98. The first-order valence-electron chi connectivity index (χ1n) is 6.06. The molecular formula is C12H19N5S. The molecule has 2 rings (SSSR count). The van der Waals surface area contributed by atoms with Crippen molar-refractivity contribution in [3.63, 3.8) is 0 Å². The molecule has 2 aromatic rings. The summed E-state index contributed by atoms with van der Waals surface area (Å²) in [4.78, 5) is 5.75. The summed E-state index contributed by atoms with van der Waals surface area (Å²) in [6.45, 7) is 8.93. The quantitative estimate of drug-likeness (QED) is 0.918. The van der Waals surface area contributed by atoms with E-state index >= 15 is 0 Å². The molecule has 2 N–H and O–H groups in total. The zero-order chi connectivity index (χ0) is 13.3. The molecule has 0 spiro atoms. The van der Waals surface area contributed by atoms with Gasteiger partial charge in [0.05, 0.1) is 30.2 Å². The Labute approximate surface area is 111 Å². The molecule has 0 aliphatic rings. The van der Waals surface area contributed by atoms with E-state index in [-0.39, 0.29) is 6.04 Å². The number of nitrogens with zero attached hydrogens (tertiary/aromatic N) is 4. The highest BCUT2D eigenvalue weighted by Crippen LogP contribution is 2.19. The molecule has 2 aromatic heterocycles. The maximum atomic E-state index is 6.04. The maximum Gasteiger partial charge on any atom is 0.115 e. The second-order valence-corrected chi connectivity index (χ2v) is 6.15. The molecule has 0 saturated heterocycles. The smallest absolute Gasteiger partial charge is 0.115 e. The Morgan fingerprint density at radius 1 is 1.39 bits per heavy atom. The monoisotopic (exact) mass is 265 g/mol. The minimum Gasteiger partial charge on any atom is -0.322 e. The Kier molecular flexibility index (Phi) is 3.77. The average Bonchev–Trinajstić information content (AvgIpc) is 2.86. The Morgan fingerprint density at radius 3 is 2.67 bits per heavy atom. The van der Waals surface area contributed by atoms with Crippen molar-refractivity contribution < 1.29 is 0 Å². The number of thiazole rings is 1. The van der Waals surface area contributed by atoms with Crippen molar-refractivity contribution in [3.05, 3.63) is 27.5 Å². The van der Waals surface area contributed by atoms with Gasteiger partial charge in [-0.3, -0.25) is 0 Å². The van der Waals surface area contributed by atoms with Gasteiger partial charge in [0, 0.05) is 4.88 Å². The van der Waals surface area contributed by atoms with Crippen LogP contribution in [0.3, 0.4) is 0 Å². The molecule has 0 radical (unpaired) electrons. The summed E-state index contributed by atoms with van der Waals surface area (Å²) in [7, 11) is 0. The summed E-state index contributed by atoms with van der Waals surface area (Å²) in [5.74, 6) is 0.361. The lowest BCUT2D eigenvalue weighted by Crippen LogP contribution is -2.17. The fourth-order valence-corrected chi connectivity index (χ4v) is 2.56. The van der Waals surface area contributed by atoms with Gasteiger partial charge in [-0.15, -0.1) is 16.4 Å². The lowest BCUT2D eigenvalue weighted by atomic mass is 10.0. The van der Waals surface area contributed by atoms with Gasteiger partial charge in [-0.25, -0.2) is 9.67 Å². The maximum absolute atomic E-state index is 6.04. The van der Waals surface area contributed by atoms with E-state index in [1.54, 1.807) is 16.0 Å². The molecular weight excluding hydrogens is 246 g/mol. The molecule has 0 amide bonds. The first-order chi connectivity index (χ1) is 8.47. The summed E-state index contributed by atoms with van der Waals surface area (Å²) >= 11 is 1.70. The number of hydrogen-bond acceptors (Lipinski definition) is 5. The van der Waals surface area contributed by atoms with Crippen LogP contribution in [0.4, 0.5) is 0 Å². The zero-order valence-corrected chi connectivity index (χ0v) is 12.0. The van der Waals surface area contributed by atoms with Crippen molar-refractivity contribution in [1.82, 2.24) is 20.0 Å². The highest BCUT2D eigenvalue weighted by molar-refractivity contribution is 7.11. The molecule has 0 aliphatic carbocycles. The SMILES string of the molecule is Cc1nc(Cn2cc(C(N)C(C)C)nn2)sc1C. The van der Waals surface area contributed by atoms with Gasteiger partial charge in [0.25, 0.3) is 0 Å². The van der Waals surface area contributed by atoms with Gasteiger partial charge in [-0.05, 0) is 19.8 Å². The van der Waals surface area contributed by atoms with E-state index in [4.69, 9.17) is 5.73 Å². The Morgan fingerprint density at radius 2 is 2.11 bits per heavy atom. The van der Waals surface area contributed by atoms with Crippen LogP contribution < -0.4 is 5.73 Å². The van der Waals surface area contributed by atoms with Crippen LogP contribution in [0.2, 0.25) is 0 Å². The van der Waals surface area contributed by atoms with E-state index < -0.39 is 0 Å². The van der Waals surface area contributed by atoms with Crippen LogP contribution in [0.25, 0.3) is 0 Å². The number of rotatable bonds is 4. The lowest BCUT2D eigenvalue weighted by molar-refractivity contribution is 0.502. The van der Waals surface area contributed by atoms with E-state index in [9.17, 15) is 0 Å². The number of aromatic nitrogens is 4. The molecule has 0 saturated carbocycles. The van der Waals surface area contributed by atoms with Gasteiger partial charge in [0.2, 0.25) is 0 Å². The molecule has 1 atom stereocenters. The third kappa shape index (κ3) is 2.76. The molecule has 0 bridgehead atoms. The molecule has 0 aliphatic heterocycles. The first-order valence-corrected chi connectivity index (χ1v) is 6.87. The van der Waals surface area contributed by atoms with E-state index in [0.717, 1.165) is 16.4 Å². The molecule has 0 fully saturated rings. The molecule has 1 unspecified atom stereocenters. The Bertz CT molecular complexity index is 509. The second-order valence-electron chi connectivity index (χ2n) is 4.86. The minimum atomic E-state index is -0.0569. The van der Waals surface area contributed by atoms with E-state index in [2.05, 4.69) is 36.1 Å². The lowest BCUT2D eigenvalue weighted by Gasteiger charge is -2.10.